The van der Waals surface area contributed by atoms with E-state index >= 15 is 0 Å². The van der Waals surface area contributed by atoms with Gasteiger partial charge in [0.25, 0.3) is 5.56 Å². The third-order valence-electron chi connectivity index (χ3n) is 2.35. The van der Waals surface area contributed by atoms with Crippen molar-refractivity contribution in [2.24, 2.45) is 0 Å². The summed E-state index contributed by atoms with van der Waals surface area (Å²) in [6.45, 7) is 0. The van der Waals surface area contributed by atoms with Gasteiger partial charge in [-0.15, -0.1) is 0 Å². The summed E-state index contributed by atoms with van der Waals surface area (Å²) in [5, 5.41) is 8.48. The van der Waals surface area contributed by atoms with E-state index in [2.05, 4.69) is 4.98 Å². The Hall–Kier alpha value is -2.29. The van der Waals surface area contributed by atoms with Gasteiger partial charge in [0.2, 0.25) is 0 Å². The van der Waals surface area contributed by atoms with Crippen LogP contribution >= 0.6 is 11.8 Å². The highest BCUT2D eigenvalue weighted by molar-refractivity contribution is 7.99. The van der Waals surface area contributed by atoms with E-state index in [1.54, 1.807) is 0 Å². The van der Waals surface area contributed by atoms with Crippen molar-refractivity contribution >= 4 is 17.7 Å². The highest BCUT2D eigenvalue weighted by atomic mass is 32.2. The molecule has 0 saturated carbocycles. The second-order valence-electron chi connectivity index (χ2n) is 3.82. The number of carboxylic acid groups (broad SMARTS) is 1. The Kier molecular flexibility index (Phi) is 4.32. The summed E-state index contributed by atoms with van der Waals surface area (Å²) < 4.78 is 40.9. The van der Waals surface area contributed by atoms with E-state index in [9.17, 15) is 22.8 Å². The van der Waals surface area contributed by atoms with Crippen LogP contribution in [0.15, 0.2) is 34.3 Å². The number of hydrogen-bond donors (Lipinski definition) is 1. The third kappa shape index (κ3) is 3.43. The molecule has 0 aliphatic heterocycles. The highest BCUT2D eigenvalue weighted by Gasteiger charge is 2.15. The average molecular weight is 316 g/mol. The zero-order chi connectivity index (χ0) is 15.6. The number of aliphatic carboxylic acids is 1. The van der Waals surface area contributed by atoms with E-state index in [-0.39, 0.29) is 10.8 Å². The molecule has 5 nitrogen and oxygen atoms in total. The molecule has 0 spiro atoms. The van der Waals surface area contributed by atoms with E-state index in [0.717, 1.165) is 16.8 Å². The Morgan fingerprint density at radius 2 is 1.90 bits per heavy atom. The molecule has 0 saturated heterocycles. The fourth-order valence-electron chi connectivity index (χ4n) is 1.50. The van der Waals surface area contributed by atoms with Gasteiger partial charge in [0.15, 0.2) is 16.8 Å². The van der Waals surface area contributed by atoms with Gasteiger partial charge >= 0.3 is 5.97 Å². The topological polar surface area (TPSA) is 72.2 Å². The molecule has 1 aromatic carbocycles. The Labute approximate surface area is 120 Å². The van der Waals surface area contributed by atoms with Crippen molar-refractivity contribution in [2.75, 3.05) is 5.75 Å². The number of nitrogens with zero attached hydrogens (tertiary/aromatic N) is 2. The summed E-state index contributed by atoms with van der Waals surface area (Å²) in [5.74, 6) is -5.31. The molecule has 1 heterocycles. The average Bonchev–Trinajstić information content (AvgIpc) is 2.41. The normalized spacial score (nSPS) is 10.6. The SMILES string of the molecule is O=C(O)CSc1nc(=O)ccn1-c1cc(F)c(F)cc1F. The first-order chi connectivity index (χ1) is 9.88. The molecule has 1 N–H and O–H groups in total. The van der Waals surface area contributed by atoms with Crippen LogP contribution in [0.25, 0.3) is 5.69 Å². The number of rotatable bonds is 4. The molecule has 0 atom stereocenters. The minimum Gasteiger partial charge on any atom is -0.481 e. The predicted octanol–water partition coefficient (Wildman–Crippen LogP) is 1.83. The van der Waals surface area contributed by atoms with Crippen LogP contribution in [0.1, 0.15) is 0 Å². The maximum Gasteiger partial charge on any atom is 0.313 e. The zero-order valence-electron chi connectivity index (χ0n) is 10.2. The number of aromatic nitrogens is 2. The Bertz CT molecular complexity index is 764. The second-order valence-corrected chi connectivity index (χ2v) is 4.76. The number of hydrogen-bond acceptors (Lipinski definition) is 4. The van der Waals surface area contributed by atoms with E-state index in [0.29, 0.717) is 23.9 Å². The number of benzene rings is 1. The van der Waals surface area contributed by atoms with E-state index in [1.165, 1.54) is 0 Å². The summed E-state index contributed by atoms with van der Waals surface area (Å²) in [4.78, 5) is 25.3. The largest absolute Gasteiger partial charge is 0.481 e. The molecule has 0 radical (unpaired) electrons. The van der Waals surface area contributed by atoms with Crippen molar-refractivity contribution in [1.29, 1.82) is 0 Å². The smallest absolute Gasteiger partial charge is 0.313 e. The number of thioether (sulfide) groups is 1. The lowest BCUT2D eigenvalue weighted by molar-refractivity contribution is -0.133. The van der Waals surface area contributed by atoms with Gasteiger partial charge in [-0.1, -0.05) is 11.8 Å². The lowest BCUT2D eigenvalue weighted by atomic mass is 10.3. The summed E-state index contributed by atoms with van der Waals surface area (Å²) in [7, 11) is 0. The summed E-state index contributed by atoms with van der Waals surface area (Å²) in [6, 6.07) is 1.95. The molecule has 0 bridgehead atoms. The summed E-state index contributed by atoms with van der Waals surface area (Å²) >= 11 is 0.652. The van der Waals surface area contributed by atoms with Crippen LogP contribution in [0.5, 0.6) is 0 Å². The molecule has 110 valence electrons. The lowest BCUT2D eigenvalue weighted by Gasteiger charge is -2.12. The molecule has 1 aromatic heterocycles. The van der Waals surface area contributed by atoms with Crippen LogP contribution < -0.4 is 5.56 Å². The minimum atomic E-state index is -1.36. The third-order valence-corrected chi connectivity index (χ3v) is 3.29. The molecule has 21 heavy (non-hydrogen) atoms. The van der Waals surface area contributed by atoms with Gasteiger partial charge in [0.05, 0.1) is 11.4 Å². The van der Waals surface area contributed by atoms with E-state index in [1.807, 2.05) is 0 Å². The Morgan fingerprint density at radius 3 is 2.57 bits per heavy atom. The molecule has 0 aliphatic rings. The molecule has 2 aromatic rings. The van der Waals surface area contributed by atoms with Gasteiger partial charge in [0, 0.05) is 24.4 Å². The highest BCUT2D eigenvalue weighted by Crippen LogP contribution is 2.22. The predicted molar refractivity (Wildman–Crippen MR) is 68.1 cm³/mol. The first-order valence-corrected chi connectivity index (χ1v) is 6.46. The van der Waals surface area contributed by atoms with Gasteiger partial charge in [-0.25, -0.2) is 13.2 Å². The van der Waals surface area contributed by atoms with Crippen molar-refractivity contribution in [3.63, 3.8) is 0 Å². The molecule has 0 amide bonds. The fourth-order valence-corrected chi connectivity index (χ4v) is 2.20. The van der Waals surface area contributed by atoms with E-state index in [4.69, 9.17) is 5.11 Å². The summed E-state index contributed by atoms with van der Waals surface area (Å²) in [6.07, 6.45) is 1.11. The van der Waals surface area contributed by atoms with Crippen LogP contribution in [0.4, 0.5) is 13.2 Å². The maximum atomic E-state index is 13.7. The molecule has 2 rings (SSSR count). The van der Waals surface area contributed by atoms with Crippen molar-refractivity contribution in [1.82, 2.24) is 9.55 Å². The van der Waals surface area contributed by atoms with E-state index < -0.39 is 34.7 Å². The quantitative estimate of drug-likeness (QED) is 0.529. The zero-order valence-corrected chi connectivity index (χ0v) is 11.0. The first-order valence-electron chi connectivity index (χ1n) is 5.47. The summed E-state index contributed by atoms with van der Waals surface area (Å²) in [5.41, 5.74) is -1.04. The molecule has 0 aliphatic carbocycles. The van der Waals surface area contributed by atoms with Crippen molar-refractivity contribution in [3.8, 4) is 5.69 Å². The van der Waals surface area contributed by atoms with Crippen molar-refractivity contribution in [2.45, 2.75) is 5.16 Å². The van der Waals surface area contributed by atoms with Crippen LogP contribution in [-0.4, -0.2) is 26.4 Å². The number of carboxylic acids is 1. The van der Waals surface area contributed by atoms with Gasteiger partial charge in [-0.05, 0) is 0 Å². The van der Waals surface area contributed by atoms with Gasteiger partial charge in [-0.3, -0.25) is 14.2 Å². The monoisotopic (exact) mass is 316 g/mol. The minimum absolute atomic E-state index is 0.144. The molecule has 0 unspecified atom stereocenters. The van der Waals surface area contributed by atoms with Crippen LogP contribution in [0.2, 0.25) is 0 Å². The second kappa shape index (κ2) is 6.00. The lowest BCUT2D eigenvalue weighted by Crippen LogP contribution is -2.14. The van der Waals surface area contributed by atoms with Gasteiger partial charge in [-0.2, -0.15) is 4.98 Å². The Balaban J connectivity index is 2.55. The van der Waals surface area contributed by atoms with Crippen LogP contribution in [0, 0.1) is 17.5 Å². The van der Waals surface area contributed by atoms with Gasteiger partial charge < -0.3 is 5.11 Å². The first kappa shape index (κ1) is 15.1. The fraction of sp³-hybridized carbons (Fsp3) is 0.0833. The van der Waals surface area contributed by atoms with Crippen LogP contribution in [-0.2, 0) is 4.79 Å². The standard InChI is InChI=1S/C12H7F3N2O3S/c13-6-3-8(15)9(4-7(6)14)17-2-1-10(18)16-12(17)21-5-11(19)20/h1-4H,5H2,(H,19,20). The molecule has 0 fully saturated rings. The number of halogens is 3. The Morgan fingerprint density at radius 1 is 1.24 bits per heavy atom. The molecular weight excluding hydrogens is 309 g/mol. The molecular formula is C12H7F3N2O3S. The van der Waals surface area contributed by atoms with Gasteiger partial charge in [0.1, 0.15) is 5.82 Å². The number of carbonyl (C=O) groups is 1. The van der Waals surface area contributed by atoms with Crippen molar-refractivity contribution < 1.29 is 23.1 Å². The van der Waals surface area contributed by atoms with Crippen molar-refractivity contribution in [3.05, 3.63) is 52.2 Å². The maximum absolute atomic E-state index is 13.7. The van der Waals surface area contributed by atoms with Crippen LogP contribution in [0.3, 0.4) is 0 Å². The molecule has 9 heteroatoms.